The summed E-state index contributed by atoms with van der Waals surface area (Å²) < 4.78 is 32.0. The average Bonchev–Trinajstić information content (AvgIpc) is 2.60. The van der Waals surface area contributed by atoms with Crippen LogP contribution in [0.5, 0.6) is 0 Å². The molecule has 2 aromatic rings. The number of rotatable bonds is 9. The highest BCUT2D eigenvalue weighted by atomic mass is 32.2. The number of aryl methyl sites for hydroxylation is 1. The van der Waals surface area contributed by atoms with Crippen molar-refractivity contribution in [2.75, 3.05) is 30.3 Å². The van der Waals surface area contributed by atoms with Crippen molar-refractivity contribution in [3.05, 3.63) is 42.0 Å². The molecular weight excluding hydrogens is 328 g/mol. The first kappa shape index (κ1) is 18.2. The Morgan fingerprint density at radius 3 is 2.29 bits per heavy atom. The minimum Gasteiger partial charge on any atom is -0.385 e. The molecule has 1 aromatic heterocycles. The van der Waals surface area contributed by atoms with Crippen molar-refractivity contribution in [3.8, 4) is 0 Å². The molecule has 24 heavy (non-hydrogen) atoms. The Morgan fingerprint density at radius 1 is 1.04 bits per heavy atom. The molecule has 0 bridgehead atoms. The maximum absolute atomic E-state index is 12.3. The summed E-state index contributed by atoms with van der Waals surface area (Å²) >= 11 is 0. The summed E-state index contributed by atoms with van der Waals surface area (Å²) in [4.78, 5) is 0.197. The number of nitrogens with one attached hydrogen (secondary N) is 2. The van der Waals surface area contributed by atoms with Gasteiger partial charge in [0.05, 0.1) is 4.90 Å². The molecule has 1 aromatic carbocycles. The summed E-state index contributed by atoms with van der Waals surface area (Å²) in [5.41, 5.74) is 1.08. The van der Waals surface area contributed by atoms with Crippen molar-refractivity contribution in [2.24, 2.45) is 0 Å². The highest BCUT2D eigenvalue weighted by Gasteiger charge is 2.14. The number of anilines is 2. The Bertz CT molecular complexity index is 731. The lowest BCUT2D eigenvalue weighted by atomic mass is 10.2. The fourth-order valence-corrected chi connectivity index (χ4v) is 3.01. The molecular formula is C16H22N4O3S. The van der Waals surface area contributed by atoms with Crippen molar-refractivity contribution < 1.29 is 13.2 Å². The largest absolute Gasteiger partial charge is 0.385 e. The van der Waals surface area contributed by atoms with Gasteiger partial charge in [-0.3, -0.25) is 4.72 Å². The van der Waals surface area contributed by atoms with E-state index in [4.69, 9.17) is 4.74 Å². The molecule has 130 valence electrons. The minimum atomic E-state index is -3.66. The lowest BCUT2D eigenvalue weighted by Crippen LogP contribution is -2.15. The van der Waals surface area contributed by atoms with E-state index < -0.39 is 10.0 Å². The van der Waals surface area contributed by atoms with E-state index in [1.807, 2.05) is 6.92 Å². The molecule has 0 saturated heterocycles. The van der Waals surface area contributed by atoms with Crippen molar-refractivity contribution in [3.63, 3.8) is 0 Å². The smallest absolute Gasteiger partial charge is 0.263 e. The fourth-order valence-electron chi connectivity index (χ4n) is 2.01. The number of hydrogen-bond acceptors (Lipinski definition) is 6. The lowest BCUT2D eigenvalue weighted by molar-refractivity contribution is 0.197. The number of sulfonamides is 1. The fraction of sp³-hybridized carbons (Fsp3) is 0.375. The predicted octanol–water partition coefficient (Wildman–Crippen LogP) is 2.29. The first-order valence-corrected chi connectivity index (χ1v) is 9.22. The number of benzene rings is 1. The Labute approximate surface area is 142 Å². The Balaban J connectivity index is 1.98. The number of methoxy groups -OCH3 is 1. The zero-order valence-electron chi connectivity index (χ0n) is 13.8. The van der Waals surface area contributed by atoms with Gasteiger partial charge in [-0.1, -0.05) is 19.1 Å². The maximum atomic E-state index is 12.3. The van der Waals surface area contributed by atoms with Crippen LogP contribution in [-0.4, -0.2) is 38.9 Å². The topological polar surface area (TPSA) is 93.2 Å². The van der Waals surface area contributed by atoms with Gasteiger partial charge in [-0.2, -0.15) is 0 Å². The van der Waals surface area contributed by atoms with Gasteiger partial charge >= 0.3 is 0 Å². The summed E-state index contributed by atoms with van der Waals surface area (Å²) in [6.45, 7) is 3.38. The Morgan fingerprint density at radius 2 is 1.71 bits per heavy atom. The standard InChI is InChI=1S/C16H22N4O3S/c1-3-13-5-7-14(8-6-13)24(21,22)20-16-10-9-15(18-19-16)17-11-4-12-23-2/h5-10H,3-4,11-12H2,1-2H3,(H,17,18)(H,19,20). The molecule has 8 heteroatoms. The zero-order valence-corrected chi connectivity index (χ0v) is 14.6. The van der Waals surface area contributed by atoms with E-state index in [0.29, 0.717) is 19.0 Å². The second kappa shape index (κ2) is 8.60. The van der Waals surface area contributed by atoms with Crippen LogP contribution < -0.4 is 10.0 Å². The molecule has 0 spiro atoms. The summed E-state index contributed by atoms with van der Waals surface area (Å²) in [6, 6.07) is 10.0. The molecule has 2 rings (SSSR count). The van der Waals surface area contributed by atoms with Gasteiger partial charge in [0.1, 0.15) is 5.82 Å². The Hall–Kier alpha value is -2.19. The van der Waals surface area contributed by atoms with Gasteiger partial charge < -0.3 is 10.1 Å². The van der Waals surface area contributed by atoms with E-state index in [2.05, 4.69) is 20.2 Å². The second-order valence-corrected chi connectivity index (χ2v) is 6.86. The molecule has 0 saturated carbocycles. The van der Waals surface area contributed by atoms with Crippen molar-refractivity contribution in [1.29, 1.82) is 0 Å². The van der Waals surface area contributed by atoms with E-state index in [0.717, 1.165) is 18.4 Å². The van der Waals surface area contributed by atoms with Crippen LogP contribution in [-0.2, 0) is 21.2 Å². The minimum absolute atomic E-state index is 0.178. The van der Waals surface area contributed by atoms with Gasteiger partial charge in [-0.15, -0.1) is 10.2 Å². The van der Waals surface area contributed by atoms with E-state index in [1.165, 1.54) is 0 Å². The van der Waals surface area contributed by atoms with E-state index in [9.17, 15) is 8.42 Å². The van der Waals surface area contributed by atoms with Gasteiger partial charge in [-0.25, -0.2) is 8.42 Å². The molecule has 7 nitrogen and oxygen atoms in total. The van der Waals surface area contributed by atoms with Crippen molar-refractivity contribution >= 4 is 21.7 Å². The highest BCUT2D eigenvalue weighted by Crippen LogP contribution is 2.15. The normalized spacial score (nSPS) is 11.2. The quantitative estimate of drug-likeness (QED) is 0.674. The third kappa shape index (κ3) is 5.17. The number of aromatic nitrogens is 2. The molecule has 0 aliphatic carbocycles. The molecule has 0 radical (unpaired) electrons. The Kier molecular flexibility index (Phi) is 6.51. The van der Waals surface area contributed by atoms with Crippen LogP contribution in [0.2, 0.25) is 0 Å². The van der Waals surface area contributed by atoms with Crippen LogP contribution in [0.1, 0.15) is 18.9 Å². The van der Waals surface area contributed by atoms with Gasteiger partial charge in [0, 0.05) is 20.3 Å². The molecule has 0 aliphatic heterocycles. The van der Waals surface area contributed by atoms with Crippen molar-refractivity contribution in [2.45, 2.75) is 24.7 Å². The van der Waals surface area contributed by atoms with E-state index in [1.54, 1.807) is 43.5 Å². The number of ether oxygens (including phenoxy) is 1. The first-order chi connectivity index (χ1) is 11.5. The van der Waals surface area contributed by atoms with Gasteiger partial charge in [-0.05, 0) is 42.7 Å². The second-order valence-electron chi connectivity index (χ2n) is 5.18. The summed E-state index contributed by atoms with van der Waals surface area (Å²) in [5.74, 6) is 0.762. The molecule has 1 heterocycles. The van der Waals surface area contributed by atoms with Gasteiger partial charge in [0.15, 0.2) is 5.82 Å². The molecule has 0 unspecified atom stereocenters. The third-order valence-electron chi connectivity index (χ3n) is 3.38. The monoisotopic (exact) mass is 350 g/mol. The van der Waals surface area contributed by atoms with Crippen LogP contribution in [0.4, 0.5) is 11.6 Å². The van der Waals surface area contributed by atoms with Crippen LogP contribution in [0.15, 0.2) is 41.3 Å². The average molecular weight is 350 g/mol. The number of hydrogen-bond donors (Lipinski definition) is 2. The van der Waals surface area contributed by atoms with Crippen molar-refractivity contribution in [1.82, 2.24) is 10.2 Å². The summed E-state index contributed by atoms with van der Waals surface area (Å²) in [7, 11) is -2.02. The molecule has 0 amide bonds. The predicted molar refractivity (Wildman–Crippen MR) is 93.6 cm³/mol. The molecule has 0 aliphatic rings. The molecule has 0 atom stereocenters. The van der Waals surface area contributed by atoms with Crippen LogP contribution in [0.3, 0.4) is 0 Å². The third-order valence-corrected chi connectivity index (χ3v) is 4.75. The molecule has 0 fully saturated rings. The van der Waals surface area contributed by atoms with Crippen LogP contribution in [0.25, 0.3) is 0 Å². The van der Waals surface area contributed by atoms with Gasteiger partial charge in [0.25, 0.3) is 10.0 Å². The SMILES string of the molecule is CCc1ccc(S(=O)(=O)Nc2ccc(NCCCOC)nn2)cc1. The first-order valence-electron chi connectivity index (χ1n) is 7.73. The van der Waals surface area contributed by atoms with E-state index in [-0.39, 0.29) is 10.7 Å². The maximum Gasteiger partial charge on any atom is 0.263 e. The highest BCUT2D eigenvalue weighted by molar-refractivity contribution is 7.92. The summed E-state index contributed by atoms with van der Waals surface area (Å²) in [5, 5.41) is 10.9. The van der Waals surface area contributed by atoms with Crippen LogP contribution >= 0.6 is 0 Å². The van der Waals surface area contributed by atoms with Crippen LogP contribution in [0, 0.1) is 0 Å². The number of nitrogens with zero attached hydrogens (tertiary/aromatic N) is 2. The zero-order chi connectivity index (χ0) is 17.4. The molecule has 2 N–H and O–H groups in total. The lowest BCUT2D eigenvalue weighted by Gasteiger charge is -2.08. The summed E-state index contributed by atoms with van der Waals surface area (Å²) in [6.07, 6.45) is 1.71. The van der Waals surface area contributed by atoms with Gasteiger partial charge in [0.2, 0.25) is 0 Å². The van der Waals surface area contributed by atoms with E-state index >= 15 is 0 Å².